The van der Waals surface area contributed by atoms with Crippen molar-refractivity contribution >= 4 is 46.7 Å². The number of benzene rings is 1. The molecule has 1 unspecified atom stereocenters. The average Bonchev–Trinajstić information content (AvgIpc) is 2.92. The second-order valence-corrected chi connectivity index (χ2v) is 13.4. The predicted octanol–water partition coefficient (Wildman–Crippen LogP) is 7.28. The van der Waals surface area contributed by atoms with Gasteiger partial charge in [0.15, 0.2) is 0 Å². The van der Waals surface area contributed by atoms with Crippen LogP contribution < -0.4 is 10.2 Å². The molecule has 3 rings (SSSR count). The van der Waals surface area contributed by atoms with Gasteiger partial charge in [0, 0.05) is 25.4 Å². The molecular weight excluding hydrogens is 584 g/mol. The second-order valence-electron chi connectivity index (χ2n) is 13.0. The maximum absolute atomic E-state index is 12.6. The van der Waals surface area contributed by atoms with Crippen molar-refractivity contribution in [1.82, 2.24) is 9.97 Å². The normalized spacial score (nSPS) is 17.5. The number of carbonyl (C=O) groups is 3. The first-order valence-electron chi connectivity index (χ1n) is 15.5. The molecule has 0 amide bonds. The van der Waals surface area contributed by atoms with Crippen LogP contribution in [0.4, 0.5) is 17.2 Å². The smallest absolute Gasteiger partial charge is 0.306 e. The fourth-order valence-electron chi connectivity index (χ4n) is 5.42. The lowest BCUT2D eigenvalue weighted by Crippen LogP contribution is -2.42. The summed E-state index contributed by atoms with van der Waals surface area (Å²) in [5.41, 5.74) is 2.31. The van der Waals surface area contributed by atoms with E-state index in [1.165, 1.54) is 6.20 Å². The van der Waals surface area contributed by atoms with E-state index in [0.29, 0.717) is 16.9 Å². The van der Waals surface area contributed by atoms with E-state index in [0.717, 1.165) is 49.2 Å². The van der Waals surface area contributed by atoms with Crippen LogP contribution in [0.25, 0.3) is 0 Å². The molecule has 0 spiro atoms. The molecular formula is C33H47ClN4O6. The van der Waals surface area contributed by atoms with Crippen molar-refractivity contribution in [2.75, 3.05) is 16.8 Å². The number of rotatable bonds is 14. The lowest BCUT2D eigenvalue weighted by molar-refractivity contribution is -0.155. The molecule has 0 aliphatic heterocycles. The van der Waals surface area contributed by atoms with Gasteiger partial charge in [-0.05, 0) is 82.4 Å². The number of esters is 2. The average molecular weight is 631 g/mol. The standard InChI is InChI=1S/C33H47ClN4O6/c1-21(2)20-38(24-11-13-25(14-12-24)43-31(41)9-7-8-30(39)40)27-15-10-23(22(3)16-32(42)44-33(4,5)6)17-26(27)37-29-19-35-28(34)18-36-29/h10,15,17-19,21-22,24-25H,7-9,11-14,16,20H2,1-6H3,(H,36,37)(H,39,40). The van der Waals surface area contributed by atoms with E-state index < -0.39 is 11.6 Å². The highest BCUT2D eigenvalue weighted by Crippen LogP contribution is 2.37. The van der Waals surface area contributed by atoms with Crippen LogP contribution in [0.3, 0.4) is 0 Å². The number of nitrogens with one attached hydrogen (secondary N) is 1. The van der Waals surface area contributed by atoms with Gasteiger partial charge in [-0.25, -0.2) is 9.97 Å². The maximum atomic E-state index is 12.6. The van der Waals surface area contributed by atoms with Gasteiger partial charge in [0.05, 0.1) is 30.2 Å². The highest BCUT2D eigenvalue weighted by molar-refractivity contribution is 6.29. The minimum Gasteiger partial charge on any atom is -0.481 e. The van der Waals surface area contributed by atoms with Crippen molar-refractivity contribution in [3.05, 3.63) is 41.3 Å². The molecule has 1 atom stereocenters. The Labute approximate surface area is 265 Å². The van der Waals surface area contributed by atoms with Gasteiger partial charge in [0.2, 0.25) is 0 Å². The zero-order valence-corrected chi connectivity index (χ0v) is 27.5. The number of halogens is 1. The minimum atomic E-state index is -0.911. The Hall–Kier alpha value is -3.40. The monoisotopic (exact) mass is 630 g/mol. The molecule has 44 heavy (non-hydrogen) atoms. The van der Waals surface area contributed by atoms with E-state index in [9.17, 15) is 14.4 Å². The Morgan fingerprint density at radius 3 is 2.34 bits per heavy atom. The van der Waals surface area contributed by atoms with Crippen molar-refractivity contribution in [3.8, 4) is 0 Å². The van der Waals surface area contributed by atoms with Gasteiger partial charge < -0.3 is 24.8 Å². The topological polar surface area (TPSA) is 131 Å². The van der Waals surface area contributed by atoms with E-state index in [1.807, 2.05) is 27.7 Å². The Morgan fingerprint density at radius 2 is 1.75 bits per heavy atom. The lowest BCUT2D eigenvalue weighted by Gasteiger charge is -2.40. The van der Waals surface area contributed by atoms with Gasteiger partial charge in [-0.3, -0.25) is 14.4 Å². The zero-order valence-electron chi connectivity index (χ0n) is 26.8. The van der Waals surface area contributed by atoms with Gasteiger partial charge >= 0.3 is 17.9 Å². The molecule has 0 saturated heterocycles. The summed E-state index contributed by atoms with van der Waals surface area (Å²) < 4.78 is 11.2. The van der Waals surface area contributed by atoms with Gasteiger partial charge in [-0.2, -0.15) is 0 Å². The number of aromatic nitrogens is 2. The third kappa shape index (κ3) is 11.6. The minimum absolute atomic E-state index is 0.0391. The number of hydrogen-bond acceptors (Lipinski definition) is 9. The van der Waals surface area contributed by atoms with Crippen LogP contribution >= 0.6 is 11.6 Å². The number of carbonyl (C=O) groups excluding carboxylic acids is 2. The van der Waals surface area contributed by atoms with E-state index in [4.69, 9.17) is 26.2 Å². The number of aliphatic carboxylic acids is 1. The molecule has 2 aromatic rings. The SMILES string of the molecule is CC(C)CN(c1ccc(C(C)CC(=O)OC(C)(C)C)cc1Nc1cnc(Cl)cn1)C1CCC(OC(=O)CCCC(=O)O)CC1. The van der Waals surface area contributed by atoms with Crippen LogP contribution in [-0.4, -0.2) is 57.3 Å². The van der Waals surface area contributed by atoms with Crippen LogP contribution in [-0.2, 0) is 23.9 Å². The summed E-state index contributed by atoms with van der Waals surface area (Å²) in [6, 6.07) is 6.46. The number of carboxylic acids is 1. The largest absolute Gasteiger partial charge is 0.481 e. The number of ether oxygens (including phenoxy) is 2. The molecule has 1 heterocycles. The second kappa shape index (κ2) is 16.1. The quantitative estimate of drug-likeness (QED) is 0.205. The number of carboxylic acid groups (broad SMARTS) is 1. The van der Waals surface area contributed by atoms with Crippen molar-refractivity contribution in [2.45, 2.75) is 117 Å². The molecule has 2 N–H and O–H groups in total. The van der Waals surface area contributed by atoms with Crippen LogP contribution in [0.2, 0.25) is 5.15 Å². The molecule has 11 heteroatoms. The fourth-order valence-corrected chi connectivity index (χ4v) is 5.52. The maximum Gasteiger partial charge on any atom is 0.306 e. The first kappa shape index (κ1) is 35.1. The van der Waals surface area contributed by atoms with Gasteiger partial charge in [-0.15, -0.1) is 0 Å². The van der Waals surface area contributed by atoms with Gasteiger partial charge in [0.1, 0.15) is 22.7 Å². The molecule has 1 aromatic carbocycles. The molecule has 1 aliphatic carbocycles. The van der Waals surface area contributed by atoms with E-state index in [2.05, 4.69) is 52.2 Å². The Kier molecular flexibility index (Phi) is 12.8. The van der Waals surface area contributed by atoms with Gasteiger partial charge in [-0.1, -0.05) is 38.4 Å². The molecule has 1 saturated carbocycles. The Morgan fingerprint density at radius 1 is 1.05 bits per heavy atom. The summed E-state index contributed by atoms with van der Waals surface area (Å²) in [6.45, 7) is 12.8. The Bertz CT molecular complexity index is 1260. The van der Waals surface area contributed by atoms with Crippen LogP contribution in [0.5, 0.6) is 0 Å². The number of nitrogens with zero attached hydrogens (tertiary/aromatic N) is 3. The van der Waals surface area contributed by atoms with Gasteiger partial charge in [0.25, 0.3) is 0 Å². The summed E-state index contributed by atoms with van der Waals surface area (Å²) >= 11 is 5.99. The van der Waals surface area contributed by atoms with Crippen molar-refractivity contribution in [3.63, 3.8) is 0 Å². The number of anilines is 3. The Balaban J connectivity index is 1.82. The summed E-state index contributed by atoms with van der Waals surface area (Å²) in [5.74, 6) is -0.626. The molecule has 0 bridgehead atoms. The summed E-state index contributed by atoms with van der Waals surface area (Å²) in [4.78, 5) is 46.6. The summed E-state index contributed by atoms with van der Waals surface area (Å²) in [5, 5.41) is 12.6. The molecule has 10 nitrogen and oxygen atoms in total. The van der Waals surface area contributed by atoms with Crippen LogP contribution in [0, 0.1) is 5.92 Å². The lowest BCUT2D eigenvalue weighted by atomic mass is 9.90. The highest BCUT2D eigenvalue weighted by atomic mass is 35.5. The number of hydrogen-bond donors (Lipinski definition) is 2. The predicted molar refractivity (Wildman–Crippen MR) is 171 cm³/mol. The molecule has 1 aliphatic rings. The summed E-state index contributed by atoms with van der Waals surface area (Å²) in [6.07, 6.45) is 6.70. The van der Waals surface area contributed by atoms with E-state index in [-0.39, 0.29) is 55.7 Å². The zero-order chi connectivity index (χ0) is 32.4. The van der Waals surface area contributed by atoms with Crippen molar-refractivity contribution < 1.29 is 29.0 Å². The van der Waals surface area contributed by atoms with E-state index >= 15 is 0 Å². The fraction of sp³-hybridized carbons (Fsp3) is 0.606. The highest BCUT2D eigenvalue weighted by Gasteiger charge is 2.30. The molecule has 1 aromatic heterocycles. The van der Waals surface area contributed by atoms with Crippen LogP contribution in [0.15, 0.2) is 30.6 Å². The molecule has 0 radical (unpaired) electrons. The van der Waals surface area contributed by atoms with Crippen LogP contribution in [0.1, 0.15) is 104 Å². The van der Waals surface area contributed by atoms with E-state index in [1.54, 1.807) is 6.20 Å². The van der Waals surface area contributed by atoms with Crippen molar-refractivity contribution in [1.29, 1.82) is 0 Å². The third-order valence-corrected chi connectivity index (χ3v) is 7.59. The first-order valence-corrected chi connectivity index (χ1v) is 15.9. The first-order chi connectivity index (χ1) is 20.7. The third-order valence-electron chi connectivity index (χ3n) is 7.39. The summed E-state index contributed by atoms with van der Waals surface area (Å²) in [7, 11) is 0. The van der Waals surface area contributed by atoms with Crippen molar-refractivity contribution in [2.24, 2.45) is 5.92 Å². The molecule has 242 valence electrons. The molecule has 1 fully saturated rings.